The van der Waals surface area contributed by atoms with Gasteiger partial charge in [-0.05, 0) is 24.1 Å². The topological polar surface area (TPSA) is 30.5 Å². The van der Waals surface area contributed by atoms with Gasteiger partial charge in [-0.15, -0.1) is 13.2 Å². The molecule has 1 aromatic rings. The number of alkyl halides is 3. The van der Waals surface area contributed by atoms with E-state index in [-0.39, 0.29) is 23.4 Å². The van der Waals surface area contributed by atoms with Crippen LogP contribution >= 0.6 is 15.9 Å². The van der Waals surface area contributed by atoms with Gasteiger partial charge in [0.2, 0.25) is 0 Å². The van der Waals surface area contributed by atoms with Gasteiger partial charge in [0.1, 0.15) is 0 Å². The van der Waals surface area contributed by atoms with Crippen LogP contribution < -0.4 is 10.1 Å². The van der Waals surface area contributed by atoms with Crippen molar-refractivity contribution >= 4 is 21.6 Å². The second kappa shape index (κ2) is 7.17. The molecular weight excluding hydrogens is 339 g/mol. The Morgan fingerprint density at radius 1 is 1.30 bits per heavy atom. The van der Waals surface area contributed by atoms with Gasteiger partial charge < -0.3 is 14.8 Å². The number of hydrogen-bond acceptors (Lipinski definition) is 3. The number of benzene rings is 1. The summed E-state index contributed by atoms with van der Waals surface area (Å²) in [5, 5.41) is 3.03. The number of ether oxygens (including phenoxy) is 2. The molecule has 0 heterocycles. The zero-order valence-electron chi connectivity index (χ0n) is 11.4. The second-order valence-electron chi connectivity index (χ2n) is 4.64. The molecule has 0 radical (unpaired) electrons. The highest BCUT2D eigenvalue weighted by Gasteiger charge is 2.32. The largest absolute Gasteiger partial charge is 0.573 e. The van der Waals surface area contributed by atoms with Gasteiger partial charge in [-0.1, -0.05) is 29.8 Å². The number of anilines is 1. The summed E-state index contributed by atoms with van der Waals surface area (Å²) in [6, 6.07) is 4.35. The lowest BCUT2D eigenvalue weighted by molar-refractivity contribution is -0.274. The van der Waals surface area contributed by atoms with Crippen LogP contribution in [0.3, 0.4) is 0 Å². The van der Waals surface area contributed by atoms with E-state index in [0.29, 0.717) is 11.1 Å². The van der Waals surface area contributed by atoms with Crippen molar-refractivity contribution in [2.24, 2.45) is 5.92 Å². The summed E-state index contributed by atoms with van der Waals surface area (Å²) < 4.78 is 46.8. The Hall–Kier alpha value is -0.950. The van der Waals surface area contributed by atoms with Crippen LogP contribution in [0.15, 0.2) is 22.7 Å². The molecule has 1 unspecified atom stereocenters. The molecule has 20 heavy (non-hydrogen) atoms. The number of methoxy groups -OCH3 is 1. The molecule has 0 fully saturated rings. The first-order valence-electron chi connectivity index (χ1n) is 6.03. The highest BCUT2D eigenvalue weighted by molar-refractivity contribution is 9.10. The molecule has 0 aliphatic heterocycles. The van der Waals surface area contributed by atoms with Crippen LogP contribution in [-0.2, 0) is 4.74 Å². The molecule has 1 rings (SSSR count). The predicted octanol–water partition coefficient (Wildman–Crippen LogP) is 4.43. The molecule has 3 nitrogen and oxygen atoms in total. The van der Waals surface area contributed by atoms with Crippen molar-refractivity contribution < 1.29 is 22.6 Å². The van der Waals surface area contributed by atoms with Crippen LogP contribution in [0.1, 0.15) is 13.8 Å². The highest BCUT2D eigenvalue weighted by atomic mass is 79.9. The minimum Gasteiger partial charge on any atom is -0.404 e. The third-order valence-corrected chi connectivity index (χ3v) is 3.15. The van der Waals surface area contributed by atoms with Crippen molar-refractivity contribution in [3.8, 4) is 5.75 Å². The van der Waals surface area contributed by atoms with E-state index in [0.717, 1.165) is 0 Å². The molecule has 0 bridgehead atoms. The molecule has 0 aliphatic rings. The fourth-order valence-corrected chi connectivity index (χ4v) is 1.94. The number of nitrogens with one attached hydrogen (secondary N) is 1. The number of rotatable bonds is 6. The normalized spacial score (nSPS) is 13.4. The van der Waals surface area contributed by atoms with Crippen molar-refractivity contribution in [1.29, 1.82) is 0 Å². The smallest absolute Gasteiger partial charge is 0.404 e. The van der Waals surface area contributed by atoms with Crippen LogP contribution in [0.5, 0.6) is 5.75 Å². The average Bonchev–Trinajstić information content (AvgIpc) is 2.29. The maximum atomic E-state index is 12.4. The Balaban J connectivity index is 2.98. The van der Waals surface area contributed by atoms with Crippen LogP contribution in [0, 0.1) is 5.92 Å². The number of halogens is 4. The van der Waals surface area contributed by atoms with E-state index in [1.807, 2.05) is 13.8 Å². The molecule has 0 aliphatic carbocycles. The third-order valence-electron chi connectivity index (χ3n) is 2.66. The predicted molar refractivity (Wildman–Crippen MR) is 74.9 cm³/mol. The van der Waals surface area contributed by atoms with Gasteiger partial charge in [0.15, 0.2) is 5.75 Å². The molecule has 1 N–H and O–H groups in total. The van der Waals surface area contributed by atoms with Crippen LogP contribution in [0.2, 0.25) is 0 Å². The molecular formula is C13H17BrF3NO2. The average molecular weight is 356 g/mol. The van der Waals surface area contributed by atoms with Crippen molar-refractivity contribution in [3.63, 3.8) is 0 Å². The molecule has 0 amide bonds. The Labute approximate surface area is 124 Å². The van der Waals surface area contributed by atoms with Crippen LogP contribution in [0.4, 0.5) is 18.9 Å². The fraction of sp³-hybridized carbons (Fsp3) is 0.538. The van der Waals surface area contributed by atoms with Gasteiger partial charge in [0.25, 0.3) is 0 Å². The second-order valence-corrected chi connectivity index (χ2v) is 5.55. The van der Waals surface area contributed by atoms with Crippen molar-refractivity contribution in [1.82, 2.24) is 0 Å². The summed E-state index contributed by atoms with van der Waals surface area (Å²) in [4.78, 5) is 0. The van der Waals surface area contributed by atoms with Crippen LogP contribution in [0.25, 0.3) is 0 Å². The standard InChI is InChI=1S/C13H17BrF3NO2/c1-8(2)11(7-19-3)18-10-5-4-9(14)6-12(10)20-13(15,16)17/h4-6,8,11,18H,7H2,1-3H3. The first-order chi connectivity index (χ1) is 9.23. The summed E-state index contributed by atoms with van der Waals surface area (Å²) in [5.74, 6) is -0.0778. The Bertz CT molecular complexity index is 438. The summed E-state index contributed by atoms with van der Waals surface area (Å²) in [5.41, 5.74) is 0.279. The molecule has 0 aromatic heterocycles. The monoisotopic (exact) mass is 355 g/mol. The summed E-state index contributed by atoms with van der Waals surface area (Å²) >= 11 is 3.13. The lowest BCUT2D eigenvalue weighted by atomic mass is 10.0. The zero-order chi connectivity index (χ0) is 15.3. The van der Waals surface area contributed by atoms with Gasteiger partial charge in [-0.25, -0.2) is 0 Å². The summed E-state index contributed by atoms with van der Waals surface area (Å²) in [7, 11) is 1.55. The Morgan fingerprint density at radius 3 is 2.45 bits per heavy atom. The minimum atomic E-state index is -4.73. The first kappa shape index (κ1) is 17.1. The van der Waals surface area contributed by atoms with E-state index < -0.39 is 6.36 Å². The van der Waals surface area contributed by atoms with E-state index in [9.17, 15) is 13.2 Å². The van der Waals surface area contributed by atoms with Gasteiger partial charge in [0.05, 0.1) is 18.3 Å². The minimum absolute atomic E-state index is 0.114. The molecule has 0 spiro atoms. The summed E-state index contributed by atoms with van der Waals surface area (Å²) in [6.45, 7) is 4.30. The Kier molecular flexibility index (Phi) is 6.13. The maximum absolute atomic E-state index is 12.4. The van der Waals surface area contributed by atoms with E-state index in [1.165, 1.54) is 12.1 Å². The van der Waals surface area contributed by atoms with Gasteiger partial charge in [-0.3, -0.25) is 0 Å². The lowest BCUT2D eigenvalue weighted by Gasteiger charge is -2.24. The highest BCUT2D eigenvalue weighted by Crippen LogP contribution is 2.33. The molecule has 7 heteroatoms. The van der Waals surface area contributed by atoms with Gasteiger partial charge in [-0.2, -0.15) is 0 Å². The van der Waals surface area contributed by atoms with Crippen molar-refractivity contribution in [2.45, 2.75) is 26.3 Å². The van der Waals surface area contributed by atoms with E-state index in [1.54, 1.807) is 13.2 Å². The third kappa shape index (κ3) is 5.58. The SMILES string of the molecule is COCC(Nc1ccc(Br)cc1OC(F)(F)F)C(C)C. The van der Waals surface area contributed by atoms with Crippen molar-refractivity contribution in [2.75, 3.05) is 19.0 Å². The molecule has 1 aromatic carbocycles. The number of hydrogen-bond donors (Lipinski definition) is 1. The van der Waals surface area contributed by atoms with Crippen molar-refractivity contribution in [3.05, 3.63) is 22.7 Å². The van der Waals surface area contributed by atoms with E-state index in [4.69, 9.17) is 4.74 Å². The van der Waals surface area contributed by atoms with Crippen LogP contribution in [-0.4, -0.2) is 26.1 Å². The van der Waals surface area contributed by atoms with E-state index in [2.05, 4.69) is 26.0 Å². The molecule has 0 saturated carbocycles. The first-order valence-corrected chi connectivity index (χ1v) is 6.83. The van der Waals surface area contributed by atoms with Gasteiger partial charge >= 0.3 is 6.36 Å². The fourth-order valence-electron chi connectivity index (χ4n) is 1.60. The molecule has 1 atom stereocenters. The molecule has 114 valence electrons. The quantitative estimate of drug-likeness (QED) is 0.818. The zero-order valence-corrected chi connectivity index (χ0v) is 13.0. The molecule has 0 saturated heterocycles. The Morgan fingerprint density at radius 2 is 1.95 bits per heavy atom. The maximum Gasteiger partial charge on any atom is 0.573 e. The van der Waals surface area contributed by atoms with E-state index >= 15 is 0 Å². The lowest BCUT2D eigenvalue weighted by Crippen LogP contribution is -2.31. The van der Waals surface area contributed by atoms with Gasteiger partial charge in [0, 0.05) is 11.6 Å². The summed E-state index contributed by atoms with van der Waals surface area (Å²) in [6.07, 6.45) is -4.73.